The number of fused-ring (bicyclic) bond motifs is 4. The zero-order valence-corrected chi connectivity index (χ0v) is 19.5. The van der Waals surface area contributed by atoms with Crippen molar-refractivity contribution < 1.29 is 19.4 Å². The summed E-state index contributed by atoms with van der Waals surface area (Å²) in [5.74, 6) is 1.15. The van der Waals surface area contributed by atoms with Crippen LogP contribution in [0.3, 0.4) is 0 Å². The Hall–Kier alpha value is -2.74. The number of likely N-dealkylation sites (tertiary alicyclic amines) is 1. The molecule has 8 heteroatoms. The number of carbonyl (C=O) groups is 2. The number of rotatable bonds is 5. The van der Waals surface area contributed by atoms with Crippen molar-refractivity contribution in [1.82, 2.24) is 20.1 Å². The largest absolute Gasteiger partial charge is 0.497 e. The van der Waals surface area contributed by atoms with E-state index < -0.39 is 6.04 Å². The van der Waals surface area contributed by atoms with Crippen molar-refractivity contribution in [1.29, 1.82) is 0 Å². The molecule has 0 radical (unpaired) electrons. The molecule has 1 aromatic carbocycles. The minimum Gasteiger partial charge on any atom is -0.497 e. The van der Waals surface area contributed by atoms with Crippen LogP contribution >= 0.6 is 0 Å². The predicted molar refractivity (Wildman–Crippen MR) is 125 cm³/mol. The zero-order valence-electron chi connectivity index (χ0n) is 19.5. The number of hydrogen-bond acceptors (Lipinski definition) is 4. The van der Waals surface area contributed by atoms with Crippen LogP contribution in [0, 0.1) is 5.92 Å². The average Bonchev–Trinajstić information content (AvgIpc) is 3.47. The SMILES string of the molecule is CCCNC(=O)N1CC2(CN(C(=O)C3CCCC3)C2)c2c([nH]c3cc(OC)ccc23)[C@@H]1CO. The van der Waals surface area contributed by atoms with Crippen LogP contribution in [-0.2, 0) is 10.2 Å². The highest BCUT2D eigenvalue weighted by molar-refractivity contribution is 5.90. The third-order valence-corrected chi connectivity index (χ3v) is 7.71. The van der Waals surface area contributed by atoms with Crippen molar-refractivity contribution in [2.24, 2.45) is 5.92 Å². The van der Waals surface area contributed by atoms with E-state index in [1.807, 2.05) is 30.0 Å². The first-order chi connectivity index (χ1) is 16.0. The number of nitrogens with one attached hydrogen (secondary N) is 2. The minimum absolute atomic E-state index is 0.145. The van der Waals surface area contributed by atoms with E-state index in [1.165, 1.54) is 0 Å². The zero-order chi connectivity index (χ0) is 23.2. The number of carbonyl (C=O) groups excluding carboxylic acids is 2. The Morgan fingerprint density at radius 2 is 2.00 bits per heavy atom. The number of aliphatic hydroxyl groups is 1. The number of ether oxygens (including phenoxy) is 1. The molecular weight excluding hydrogens is 420 g/mol. The van der Waals surface area contributed by atoms with Gasteiger partial charge in [-0.1, -0.05) is 19.8 Å². The van der Waals surface area contributed by atoms with Crippen LogP contribution in [0.5, 0.6) is 5.75 Å². The molecule has 2 fully saturated rings. The van der Waals surface area contributed by atoms with E-state index in [9.17, 15) is 14.7 Å². The minimum atomic E-state index is -0.458. The molecule has 1 aromatic heterocycles. The quantitative estimate of drug-likeness (QED) is 0.647. The second kappa shape index (κ2) is 8.56. The molecule has 33 heavy (non-hydrogen) atoms. The molecule has 1 saturated carbocycles. The fourth-order valence-corrected chi connectivity index (χ4v) is 6.08. The van der Waals surface area contributed by atoms with Gasteiger partial charge in [0.1, 0.15) is 5.75 Å². The number of aromatic nitrogens is 1. The summed E-state index contributed by atoms with van der Waals surface area (Å²) in [6.07, 6.45) is 5.08. The topological polar surface area (TPSA) is 97.9 Å². The van der Waals surface area contributed by atoms with Crippen molar-refractivity contribution in [3.05, 3.63) is 29.5 Å². The van der Waals surface area contributed by atoms with Gasteiger partial charge in [-0.25, -0.2) is 4.79 Å². The van der Waals surface area contributed by atoms with E-state index in [2.05, 4.69) is 10.3 Å². The Balaban J connectivity index is 1.54. The summed E-state index contributed by atoms with van der Waals surface area (Å²) in [5, 5.41) is 14.4. The number of aromatic amines is 1. The van der Waals surface area contributed by atoms with Gasteiger partial charge in [0.15, 0.2) is 0 Å². The number of aliphatic hydroxyl groups excluding tert-OH is 1. The molecule has 1 atom stereocenters. The van der Waals surface area contributed by atoms with Gasteiger partial charge in [-0.2, -0.15) is 0 Å². The number of benzene rings is 1. The Kier molecular flexibility index (Phi) is 5.72. The number of methoxy groups -OCH3 is 1. The highest BCUT2D eigenvalue weighted by Gasteiger charge is 2.55. The molecule has 1 spiro atoms. The molecular formula is C25H34N4O4. The number of nitrogens with zero attached hydrogens (tertiary/aromatic N) is 2. The fourth-order valence-electron chi connectivity index (χ4n) is 6.08. The van der Waals surface area contributed by atoms with Crippen LogP contribution in [0.4, 0.5) is 4.79 Å². The first-order valence-corrected chi connectivity index (χ1v) is 12.2. The van der Waals surface area contributed by atoms with Crippen LogP contribution in [0.1, 0.15) is 56.3 Å². The van der Waals surface area contributed by atoms with Crippen molar-refractivity contribution >= 4 is 22.8 Å². The second-order valence-electron chi connectivity index (χ2n) is 9.84. The summed E-state index contributed by atoms with van der Waals surface area (Å²) in [4.78, 5) is 33.4. The standard InChI is InChI=1S/C25H34N4O4/c1-3-10-26-24(32)29-15-25(13-28(14-25)23(31)16-6-4-5-7-16)21-18-9-8-17(33-2)11-19(18)27-22(21)20(29)12-30/h8-9,11,16,20,27,30H,3-7,10,12-15H2,1-2H3,(H,26,32)/t20-/m0/s1. The number of urea groups is 1. The molecule has 3 aliphatic rings. The van der Waals surface area contributed by atoms with Crippen LogP contribution in [0.25, 0.3) is 10.9 Å². The van der Waals surface area contributed by atoms with Crippen LogP contribution < -0.4 is 10.1 Å². The first kappa shape index (κ1) is 22.1. The third kappa shape index (κ3) is 3.55. The lowest BCUT2D eigenvalue weighted by Gasteiger charge is -2.56. The van der Waals surface area contributed by atoms with E-state index in [-0.39, 0.29) is 29.9 Å². The normalized spacial score (nSPS) is 21.8. The van der Waals surface area contributed by atoms with Crippen molar-refractivity contribution in [2.75, 3.05) is 39.9 Å². The van der Waals surface area contributed by atoms with Crippen molar-refractivity contribution in [3.8, 4) is 5.75 Å². The fraction of sp³-hybridized carbons (Fsp3) is 0.600. The smallest absolute Gasteiger partial charge is 0.318 e. The van der Waals surface area contributed by atoms with Gasteiger partial charge in [-0.3, -0.25) is 4.79 Å². The molecule has 5 rings (SSSR count). The van der Waals surface area contributed by atoms with Gasteiger partial charge < -0.3 is 29.9 Å². The molecule has 1 aliphatic carbocycles. The Bertz CT molecular complexity index is 1050. The predicted octanol–water partition coefficient (Wildman–Crippen LogP) is 2.92. The maximum absolute atomic E-state index is 13.1. The van der Waals surface area contributed by atoms with Crippen LogP contribution in [0.2, 0.25) is 0 Å². The van der Waals surface area contributed by atoms with Gasteiger partial charge in [0.05, 0.1) is 25.2 Å². The lowest BCUT2D eigenvalue weighted by Crippen LogP contribution is -2.69. The summed E-state index contributed by atoms with van der Waals surface area (Å²) in [5.41, 5.74) is 2.58. The summed E-state index contributed by atoms with van der Waals surface area (Å²) in [6.45, 7) is 4.12. The summed E-state index contributed by atoms with van der Waals surface area (Å²) < 4.78 is 5.41. The monoisotopic (exact) mass is 454 g/mol. The molecule has 1 saturated heterocycles. The van der Waals surface area contributed by atoms with Crippen molar-refractivity contribution in [3.63, 3.8) is 0 Å². The summed E-state index contributed by atoms with van der Waals surface area (Å²) >= 11 is 0. The molecule has 3 N–H and O–H groups in total. The summed E-state index contributed by atoms with van der Waals surface area (Å²) in [6, 6.07) is 5.32. The van der Waals surface area contributed by atoms with Crippen LogP contribution in [-0.4, -0.2) is 71.7 Å². The number of H-pyrrole nitrogens is 1. The van der Waals surface area contributed by atoms with E-state index in [0.717, 1.165) is 60.0 Å². The lowest BCUT2D eigenvalue weighted by atomic mass is 9.68. The van der Waals surface area contributed by atoms with E-state index in [0.29, 0.717) is 26.2 Å². The molecule has 2 aromatic rings. The van der Waals surface area contributed by atoms with Crippen LogP contribution in [0.15, 0.2) is 18.2 Å². The molecule has 3 amide bonds. The van der Waals surface area contributed by atoms with Gasteiger partial charge in [0.25, 0.3) is 0 Å². The highest BCUT2D eigenvalue weighted by Crippen LogP contribution is 2.49. The summed E-state index contributed by atoms with van der Waals surface area (Å²) in [7, 11) is 1.64. The number of hydrogen-bond donors (Lipinski definition) is 3. The Labute approximate surface area is 194 Å². The first-order valence-electron chi connectivity index (χ1n) is 12.2. The molecule has 178 valence electrons. The molecule has 0 bridgehead atoms. The average molecular weight is 455 g/mol. The Morgan fingerprint density at radius 3 is 2.67 bits per heavy atom. The van der Waals surface area contributed by atoms with Crippen molar-refractivity contribution in [2.45, 2.75) is 50.5 Å². The second-order valence-corrected chi connectivity index (χ2v) is 9.84. The third-order valence-electron chi connectivity index (χ3n) is 7.71. The van der Waals surface area contributed by atoms with Gasteiger partial charge in [0.2, 0.25) is 5.91 Å². The number of amides is 3. The molecule has 2 aliphatic heterocycles. The molecule has 8 nitrogen and oxygen atoms in total. The van der Waals surface area contributed by atoms with Gasteiger partial charge in [-0.05, 0) is 37.0 Å². The molecule has 3 heterocycles. The van der Waals surface area contributed by atoms with Gasteiger partial charge in [-0.15, -0.1) is 0 Å². The lowest BCUT2D eigenvalue weighted by molar-refractivity contribution is -0.144. The van der Waals surface area contributed by atoms with E-state index in [4.69, 9.17) is 4.74 Å². The molecule has 0 unspecified atom stereocenters. The van der Waals surface area contributed by atoms with E-state index >= 15 is 0 Å². The highest BCUT2D eigenvalue weighted by atomic mass is 16.5. The van der Waals surface area contributed by atoms with Gasteiger partial charge in [0, 0.05) is 54.8 Å². The Morgan fingerprint density at radius 1 is 1.24 bits per heavy atom. The van der Waals surface area contributed by atoms with Gasteiger partial charge >= 0.3 is 6.03 Å². The maximum Gasteiger partial charge on any atom is 0.318 e. The van der Waals surface area contributed by atoms with E-state index in [1.54, 1.807) is 12.0 Å². The maximum atomic E-state index is 13.1.